The van der Waals surface area contributed by atoms with Crippen molar-refractivity contribution in [1.29, 1.82) is 0 Å². The van der Waals surface area contributed by atoms with E-state index in [0.29, 0.717) is 5.65 Å². The summed E-state index contributed by atoms with van der Waals surface area (Å²) < 4.78 is 0. The molecule has 0 atom stereocenters. The number of rotatable bonds is 3. The molecule has 2 aromatic heterocycles. The molecule has 7 nitrogen and oxygen atoms in total. The molecule has 7 heteroatoms. The molecule has 0 bridgehead atoms. The number of aromatic nitrogens is 4. The van der Waals surface area contributed by atoms with Crippen LogP contribution >= 0.6 is 0 Å². The van der Waals surface area contributed by atoms with Gasteiger partial charge in [0.25, 0.3) is 0 Å². The van der Waals surface area contributed by atoms with E-state index < -0.39 is 0 Å². The highest BCUT2D eigenvalue weighted by molar-refractivity contribution is 5.84. The Kier molecular flexibility index (Phi) is 4.20. The van der Waals surface area contributed by atoms with Crippen molar-refractivity contribution >= 4 is 28.6 Å². The van der Waals surface area contributed by atoms with E-state index in [1.807, 2.05) is 0 Å². The number of nitrogens with zero attached hydrogens (tertiary/aromatic N) is 7. The van der Waals surface area contributed by atoms with Gasteiger partial charge in [0.15, 0.2) is 17.0 Å². The van der Waals surface area contributed by atoms with E-state index >= 15 is 0 Å². The number of fused-ring (bicyclic) bond motifs is 1. The average molecular weight is 361 g/mol. The van der Waals surface area contributed by atoms with Crippen molar-refractivity contribution in [3.8, 4) is 0 Å². The minimum Gasteiger partial charge on any atom is -0.368 e. The maximum absolute atomic E-state index is 4.92. The standard InChI is InChI=1S/C20H23N7/c1-2-6-16(7-3-1)25-12-14-27(15-13-25)20-23-18-17(21-8-9-22-18)19(24-20)26-10-4-5-11-26/h1-3,6-9H,4-5,10-15H2. The van der Waals surface area contributed by atoms with Gasteiger partial charge in [0.1, 0.15) is 0 Å². The van der Waals surface area contributed by atoms with Crippen LogP contribution < -0.4 is 14.7 Å². The Morgan fingerprint density at radius 1 is 0.667 bits per heavy atom. The highest BCUT2D eigenvalue weighted by Gasteiger charge is 2.24. The van der Waals surface area contributed by atoms with Crippen LogP contribution in [0.2, 0.25) is 0 Å². The Hall–Kier alpha value is -2.96. The molecule has 27 heavy (non-hydrogen) atoms. The third kappa shape index (κ3) is 3.13. The number of piperazine rings is 1. The molecule has 2 fully saturated rings. The molecule has 0 spiro atoms. The summed E-state index contributed by atoms with van der Waals surface area (Å²) in [6.07, 6.45) is 5.84. The number of hydrogen-bond donors (Lipinski definition) is 0. The van der Waals surface area contributed by atoms with Crippen LogP contribution in [0.4, 0.5) is 17.5 Å². The molecule has 0 radical (unpaired) electrons. The van der Waals surface area contributed by atoms with E-state index in [2.05, 4.69) is 55.0 Å². The quantitative estimate of drug-likeness (QED) is 0.709. The van der Waals surface area contributed by atoms with Crippen molar-refractivity contribution < 1.29 is 0 Å². The zero-order valence-corrected chi connectivity index (χ0v) is 15.3. The summed E-state index contributed by atoms with van der Waals surface area (Å²) in [5, 5.41) is 0. The van der Waals surface area contributed by atoms with Gasteiger partial charge in [-0.25, -0.2) is 9.97 Å². The van der Waals surface area contributed by atoms with Crippen molar-refractivity contribution in [2.45, 2.75) is 12.8 Å². The summed E-state index contributed by atoms with van der Waals surface area (Å²) in [5.74, 6) is 1.71. The highest BCUT2D eigenvalue weighted by Crippen LogP contribution is 2.27. The first-order valence-corrected chi connectivity index (χ1v) is 9.67. The molecule has 0 unspecified atom stereocenters. The van der Waals surface area contributed by atoms with E-state index in [9.17, 15) is 0 Å². The van der Waals surface area contributed by atoms with Crippen LogP contribution in [-0.4, -0.2) is 59.2 Å². The van der Waals surface area contributed by atoms with E-state index in [-0.39, 0.29) is 0 Å². The number of hydrogen-bond acceptors (Lipinski definition) is 7. The summed E-state index contributed by atoms with van der Waals surface area (Å²) >= 11 is 0. The fraction of sp³-hybridized carbons (Fsp3) is 0.400. The zero-order valence-electron chi connectivity index (χ0n) is 15.3. The second-order valence-corrected chi connectivity index (χ2v) is 7.08. The minimum absolute atomic E-state index is 0.690. The molecule has 0 aliphatic carbocycles. The molecular formula is C20H23N7. The van der Waals surface area contributed by atoms with Gasteiger partial charge in [0.05, 0.1) is 0 Å². The van der Waals surface area contributed by atoms with E-state index in [1.54, 1.807) is 12.4 Å². The summed E-state index contributed by atoms with van der Waals surface area (Å²) in [6.45, 7) is 5.80. The van der Waals surface area contributed by atoms with Gasteiger partial charge in [0.2, 0.25) is 5.95 Å². The number of benzene rings is 1. The molecule has 2 saturated heterocycles. The van der Waals surface area contributed by atoms with Crippen LogP contribution in [0, 0.1) is 0 Å². The lowest BCUT2D eigenvalue weighted by molar-refractivity contribution is 0.640. The largest absolute Gasteiger partial charge is 0.368 e. The van der Waals surface area contributed by atoms with E-state index in [1.165, 1.54) is 18.5 Å². The molecule has 2 aliphatic rings. The summed E-state index contributed by atoms with van der Waals surface area (Å²) in [7, 11) is 0. The fourth-order valence-corrected chi connectivity index (χ4v) is 3.93. The molecule has 0 amide bonds. The molecule has 4 heterocycles. The first-order chi connectivity index (χ1) is 13.4. The Bertz CT molecular complexity index is 916. The average Bonchev–Trinajstić information content (AvgIpc) is 3.28. The molecular weight excluding hydrogens is 338 g/mol. The van der Waals surface area contributed by atoms with Gasteiger partial charge >= 0.3 is 0 Å². The van der Waals surface area contributed by atoms with Crippen LogP contribution in [0.25, 0.3) is 11.2 Å². The van der Waals surface area contributed by atoms with Crippen LogP contribution in [-0.2, 0) is 0 Å². The van der Waals surface area contributed by atoms with Crippen molar-refractivity contribution in [3.05, 3.63) is 42.7 Å². The van der Waals surface area contributed by atoms with Crippen molar-refractivity contribution in [2.75, 3.05) is 54.0 Å². The lowest BCUT2D eigenvalue weighted by Gasteiger charge is -2.36. The van der Waals surface area contributed by atoms with Gasteiger partial charge in [-0.2, -0.15) is 9.97 Å². The topological polar surface area (TPSA) is 61.3 Å². The van der Waals surface area contributed by atoms with Gasteiger partial charge in [0, 0.05) is 57.3 Å². The van der Waals surface area contributed by atoms with Gasteiger partial charge in [-0.05, 0) is 25.0 Å². The Morgan fingerprint density at radius 3 is 2.15 bits per heavy atom. The molecule has 0 N–H and O–H groups in total. The van der Waals surface area contributed by atoms with Gasteiger partial charge in [-0.3, -0.25) is 0 Å². The predicted molar refractivity (Wildman–Crippen MR) is 107 cm³/mol. The first kappa shape index (κ1) is 16.2. The molecule has 1 aromatic carbocycles. The minimum atomic E-state index is 0.690. The molecule has 3 aromatic rings. The Morgan fingerprint density at radius 2 is 1.37 bits per heavy atom. The molecule has 138 valence electrons. The van der Waals surface area contributed by atoms with E-state index in [0.717, 1.165) is 56.6 Å². The second kappa shape index (κ2) is 6.98. The predicted octanol–water partition coefficient (Wildman–Crippen LogP) is 2.35. The fourth-order valence-electron chi connectivity index (χ4n) is 3.93. The number of anilines is 3. The molecule has 5 rings (SSSR count). The monoisotopic (exact) mass is 361 g/mol. The van der Waals surface area contributed by atoms with Crippen LogP contribution in [0.3, 0.4) is 0 Å². The smallest absolute Gasteiger partial charge is 0.229 e. The summed E-state index contributed by atoms with van der Waals surface area (Å²) in [4.78, 5) is 25.6. The lowest BCUT2D eigenvalue weighted by Crippen LogP contribution is -2.47. The van der Waals surface area contributed by atoms with Crippen molar-refractivity contribution in [3.63, 3.8) is 0 Å². The highest BCUT2D eigenvalue weighted by atomic mass is 15.3. The van der Waals surface area contributed by atoms with Gasteiger partial charge in [-0.1, -0.05) is 18.2 Å². The first-order valence-electron chi connectivity index (χ1n) is 9.67. The second-order valence-electron chi connectivity index (χ2n) is 7.08. The zero-order chi connectivity index (χ0) is 18.1. The van der Waals surface area contributed by atoms with Crippen LogP contribution in [0.15, 0.2) is 42.7 Å². The van der Waals surface area contributed by atoms with Crippen molar-refractivity contribution in [2.24, 2.45) is 0 Å². The van der Waals surface area contributed by atoms with Crippen LogP contribution in [0.5, 0.6) is 0 Å². The summed E-state index contributed by atoms with van der Waals surface area (Å²) in [5.41, 5.74) is 2.78. The number of para-hydroxylation sites is 1. The van der Waals surface area contributed by atoms with Gasteiger partial charge in [-0.15, -0.1) is 0 Å². The van der Waals surface area contributed by atoms with Gasteiger partial charge < -0.3 is 14.7 Å². The SMILES string of the molecule is c1ccc(N2CCN(c3nc(N4CCCC4)c4nccnc4n3)CC2)cc1. The third-order valence-electron chi connectivity index (χ3n) is 5.39. The van der Waals surface area contributed by atoms with Crippen LogP contribution in [0.1, 0.15) is 12.8 Å². The van der Waals surface area contributed by atoms with E-state index in [4.69, 9.17) is 9.97 Å². The third-order valence-corrected chi connectivity index (χ3v) is 5.39. The maximum Gasteiger partial charge on any atom is 0.229 e. The Labute approximate surface area is 158 Å². The molecule has 2 aliphatic heterocycles. The molecule has 0 saturated carbocycles. The van der Waals surface area contributed by atoms with Crippen molar-refractivity contribution in [1.82, 2.24) is 19.9 Å². The normalized spacial score (nSPS) is 17.7. The lowest BCUT2D eigenvalue weighted by atomic mass is 10.2. The maximum atomic E-state index is 4.92. The summed E-state index contributed by atoms with van der Waals surface area (Å²) in [6, 6.07) is 10.6. The Balaban J connectivity index is 1.42.